The van der Waals surface area contributed by atoms with Crippen molar-refractivity contribution < 1.29 is 17.6 Å². The molecule has 2 nitrogen and oxygen atoms in total. The van der Waals surface area contributed by atoms with Crippen LogP contribution in [0.4, 0.5) is 17.6 Å². The van der Waals surface area contributed by atoms with Crippen LogP contribution in [0.1, 0.15) is 28.3 Å². The van der Waals surface area contributed by atoms with Crippen LogP contribution in [0, 0.1) is 12.7 Å². The monoisotopic (exact) mass is 298 g/mol. The Kier molecular flexibility index (Phi) is 4.29. The van der Waals surface area contributed by atoms with Gasteiger partial charge in [0.25, 0.3) is 0 Å². The van der Waals surface area contributed by atoms with E-state index in [2.05, 4.69) is 5.43 Å². The second kappa shape index (κ2) is 5.83. The number of hydrogen-bond acceptors (Lipinski definition) is 2. The van der Waals surface area contributed by atoms with E-state index in [-0.39, 0.29) is 5.56 Å². The zero-order valence-corrected chi connectivity index (χ0v) is 11.2. The first-order valence-corrected chi connectivity index (χ1v) is 6.22. The van der Waals surface area contributed by atoms with Gasteiger partial charge in [0.15, 0.2) is 0 Å². The van der Waals surface area contributed by atoms with Crippen molar-refractivity contribution in [3.05, 3.63) is 70.5 Å². The van der Waals surface area contributed by atoms with E-state index in [0.717, 1.165) is 17.7 Å². The summed E-state index contributed by atoms with van der Waals surface area (Å²) in [5.41, 5.74) is 3.26. The van der Waals surface area contributed by atoms with Gasteiger partial charge in [-0.1, -0.05) is 29.8 Å². The molecule has 0 aromatic heterocycles. The smallest absolute Gasteiger partial charge is 0.271 e. The normalized spacial score (nSPS) is 13.2. The van der Waals surface area contributed by atoms with Crippen LogP contribution in [-0.4, -0.2) is 0 Å². The minimum atomic E-state index is -4.40. The molecule has 0 aliphatic carbocycles. The summed E-state index contributed by atoms with van der Waals surface area (Å²) < 4.78 is 51.5. The SMILES string of the molecule is Cc1ccc(F)c(C(NN)c2ccc(C(F)(F)F)cc2)c1. The summed E-state index contributed by atoms with van der Waals surface area (Å²) in [5, 5.41) is 0. The summed E-state index contributed by atoms with van der Waals surface area (Å²) in [5.74, 6) is 4.97. The molecule has 1 atom stereocenters. The lowest BCUT2D eigenvalue weighted by Gasteiger charge is -2.19. The fourth-order valence-electron chi connectivity index (χ4n) is 2.11. The van der Waals surface area contributed by atoms with Gasteiger partial charge in [0.2, 0.25) is 0 Å². The number of halogens is 4. The Morgan fingerprint density at radius 2 is 1.67 bits per heavy atom. The van der Waals surface area contributed by atoms with Crippen LogP contribution < -0.4 is 11.3 Å². The quantitative estimate of drug-likeness (QED) is 0.515. The van der Waals surface area contributed by atoms with Gasteiger partial charge < -0.3 is 0 Å². The van der Waals surface area contributed by atoms with Crippen LogP contribution in [0.15, 0.2) is 42.5 Å². The summed E-state index contributed by atoms with van der Waals surface area (Å²) in [7, 11) is 0. The van der Waals surface area contributed by atoms with Crippen molar-refractivity contribution in [3.63, 3.8) is 0 Å². The molecule has 2 aromatic rings. The molecule has 0 saturated heterocycles. The van der Waals surface area contributed by atoms with E-state index in [4.69, 9.17) is 5.84 Å². The highest BCUT2D eigenvalue weighted by atomic mass is 19.4. The summed E-state index contributed by atoms with van der Waals surface area (Å²) in [6.45, 7) is 1.79. The fourth-order valence-corrected chi connectivity index (χ4v) is 2.11. The van der Waals surface area contributed by atoms with Crippen molar-refractivity contribution in [1.29, 1.82) is 0 Å². The third-order valence-electron chi connectivity index (χ3n) is 3.20. The van der Waals surface area contributed by atoms with E-state index in [1.165, 1.54) is 18.2 Å². The average molecular weight is 298 g/mol. The lowest BCUT2D eigenvalue weighted by atomic mass is 9.96. The molecule has 0 amide bonds. The van der Waals surface area contributed by atoms with Crippen LogP contribution in [0.5, 0.6) is 0 Å². The zero-order valence-electron chi connectivity index (χ0n) is 11.2. The summed E-state index contributed by atoms with van der Waals surface area (Å²) >= 11 is 0. The van der Waals surface area contributed by atoms with Crippen molar-refractivity contribution >= 4 is 0 Å². The highest BCUT2D eigenvalue weighted by Crippen LogP contribution is 2.31. The van der Waals surface area contributed by atoms with E-state index in [0.29, 0.717) is 5.56 Å². The first kappa shape index (κ1) is 15.5. The highest BCUT2D eigenvalue weighted by molar-refractivity contribution is 5.36. The Morgan fingerprint density at radius 1 is 1.05 bits per heavy atom. The third-order valence-corrected chi connectivity index (χ3v) is 3.20. The molecule has 6 heteroatoms. The van der Waals surface area contributed by atoms with Crippen molar-refractivity contribution in [1.82, 2.24) is 5.43 Å². The fraction of sp³-hybridized carbons (Fsp3) is 0.200. The molecular weight excluding hydrogens is 284 g/mol. The molecule has 0 radical (unpaired) electrons. The van der Waals surface area contributed by atoms with Gasteiger partial charge >= 0.3 is 6.18 Å². The van der Waals surface area contributed by atoms with Gasteiger partial charge in [-0.3, -0.25) is 5.84 Å². The molecule has 21 heavy (non-hydrogen) atoms. The molecule has 2 rings (SSSR count). The maximum atomic E-state index is 13.9. The predicted octanol–water partition coefficient (Wildman–Crippen LogP) is 3.71. The van der Waals surface area contributed by atoms with Crippen LogP contribution in [-0.2, 0) is 6.18 Å². The van der Waals surface area contributed by atoms with Crippen molar-refractivity contribution in [2.24, 2.45) is 5.84 Å². The molecule has 0 aliphatic heterocycles. The Bertz CT molecular complexity index is 621. The molecule has 0 saturated carbocycles. The number of rotatable bonds is 3. The summed E-state index contributed by atoms with van der Waals surface area (Å²) in [4.78, 5) is 0. The number of hydrogen-bond donors (Lipinski definition) is 2. The van der Waals surface area contributed by atoms with Gasteiger partial charge in [0.05, 0.1) is 11.6 Å². The third kappa shape index (κ3) is 3.40. The molecular formula is C15H14F4N2. The molecule has 2 aromatic carbocycles. The van der Waals surface area contributed by atoms with Crippen LogP contribution in [0.2, 0.25) is 0 Å². The van der Waals surface area contributed by atoms with Gasteiger partial charge in [-0.25, -0.2) is 9.82 Å². The van der Waals surface area contributed by atoms with Gasteiger partial charge in [-0.05, 0) is 30.7 Å². The van der Waals surface area contributed by atoms with Crippen LogP contribution in [0.3, 0.4) is 0 Å². The van der Waals surface area contributed by atoms with E-state index < -0.39 is 23.6 Å². The number of nitrogens with one attached hydrogen (secondary N) is 1. The van der Waals surface area contributed by atoms with E-state index in [1.54, 1.807) is 19.1 Å². The molecule has 0 heterocycles. The Hall–Kier alpha value is -1.92. The first-order valence-electron chi connectivity index (χ1n) is 6.22. The molecule has 0 spiro atoms. The average Bonchev–Trinajstić information content (AvgIpc) is 2.43. The molecule has 112 valence electrons. The molecule has 3 N–H and O–H groups in total. The van der Waals surface area contributed by atoms with Crippen molar-refractivity contribution in [2.45, 2.75) is 19.1 Å². The van der Waals surface area contributed by atoms with E-state index >= 15 is 0 Å². The molecule has 1 unspecified atom stereocenters. The topological polar surface area (TPSA) is 38.0 Å². The number of benzene rings is 2. The lowest BCUT2D eigenvalue weighted by molar-refractivity contribution is -0.137. The van der Waals surface area contributed by atoms with Gasteiger partial charge in [-0.2, -0.15) is 13.2 Å². The summed E-state index contributed by atoms with van der Waals surface area (Å²) in [6, 6.07) is 8.29. The molecule has 0 bridgehead atoms. The van der Waals surface area contributed by atoms with Crippen molar-refractivity contribution in [3.8, 4) is 0 Å². The number of aryl methyl sites for hydroxylation is 1. The highest BCUT2D eigenvalue weighted by Gasteiger charge is 2.30. The van der Waals surface area contributed by atoms with Gasteiger partial charge in [-0.15, -0.1) is 0 Å². The van der Waals surface area contributed by atoms with E-state index in [1.807, 2.05) is 0 Å². The van der Waals surface area contributed by atoms with Crippen LogP contribution in [0.25, 0.3) is 0 Å². The number of nitrogens with two attached hydrogens (primary N) is 1. The Labute approximate surface area is 119 Å². The van der Waals surface area contributed by atoms with Gasteiger partial charge in [0, 0.05) is 5.56 Å². The number of hydrazine groups is 1. The maximum Gasteiger partial charge on any atom is 0.416 e. The van der Waals surface area contributed by atoms with Crippen LogP contribution >= 0.6 is 0 Å². The second-order valence-corrected chi connectivity index (χ2v) is 4.74. The minimum Gasteiger partial charge on any atom is -0.271 e. The summed E-state index contributed by atoms with van der Waals surface area (Å²) in [6.07, 6.45) is -4.40. The minimum absolute atomic E-state index is 0.289. The molecule has 0 fully saturated rings. The second-order valence-electron chi connectivity index (χ2n) is 4.74. The Balaban J connectivity index is 2.40. The van der Waals surface area contributed by atoms with Gasteiger partial charge in [0.1, 0.15) is 5.82 Å². The maximum absolute atomic E-state index is 13.9. The molecule has 0 aliphatic rings. The largest absolute Gasteiger partial charge is 0.416 e. The predicted molar refractivity (Wildman–Crippen MR) is 71.7 cm³/mol. The Morgan fingerprint density at radius 3 is 2.19 bits per heavy atom. The van der Waals surface area contributed by atoms with Crippen molar-refractivity contribution in [2.75, 3.05) is 0 Å². The standard InChI is InChI=1S/C15H14F4N2/c1-9-2-7-13(16)12(8-9)14(21-20)10-3-5-11(6-4-10)15(17,18)19/h2-8,14,21H,20H2,1H3. The first-order chi connectivity index (χ1) is 9.82. The zero-order chi connectivity index (χ0) is 15.6. The lowest BCUT2D eigenvalue weighted by Crippen LogP contribution is -2.29. The number of alkyl halides is 3. The van der Waals surface area contributed by atoms with E-state index in [9.17, 15) is 17.6 Å².